The fourth-order valence-electron chi connectivity index (χ4n) is 4.40. The van der Waals surface area contributed by atoms with Gasteiger partial charge in [-0.25, -0.2) is 0 Å². The second-order valence-electron chi connectivity index (χ2n) is 7.39. The average molecular weight is 370 g/mol. The maximum Gasteiger partial charge on any atom is 0.573 e. The summed E-state index contributed by atoms with van der Waals surface area (Å²) in [7, 11) is 0. The molecule has 3 rings (SSSR count). The number of hydrogen-bond acceptors (Lipinski definition) is 3. The highest BCUT2D eigenvalue weighted by Crippen LogP contribution is 2.41. The van der Waals surface area contributed by atoms with Crippen LogP contribution in [0.3, 0.4) is 0 Å². The summed E-state index contributed by atoms with van der Waals surface area (Å²) in [4.78, 5) is 12.5. The predicted molar refractivity (Wildman–Crippen MR) is 91.4 cm³/mol. The number of fused-ring (bicyclic) bond motifs is 2. The predicted octanol–water partition coefficient (Wildman–Crippen LogP) is 3.40. The molecule has 2 saturated carbocycles. The molecule has 144 valence electrons. The molecule has 1 aromatic carbocycles. The van der Waals surface area contributed by atoms with Crippen molar-refractivity contribution in [2.75, 3.05) is 6.54 Å². The van der Waals surface area contributed by atoms with E-state index in [4.69, 9.17) is 5.73 Å². The highest BCUT2D eigenvalue weighted by atomic mass is 19.4. The number of rotatable bonds is 5. The maximum absolute atomic E-state index is 12.5. The Morgan fingerprint density at radius 3 is 2.50 bits per heavy atom. The fourth-order valence-corrected chi connectivity index (χ4v) is 4.40. The van der Waals surface area contributed by atoms with Gasteiger partial charge in [-0.1, -0.05) is 24.6 Å². The third kappa shape index (κ3) is 4.69. The van der Waals surface area contributed by atoms with Crippen molar-refractivity contribution in [2.24, 2.45) is 23.5 Å². The van der Waals surface area contributed by atoms with E-state index in [0.717, 1.165) is 25.7 Å². The monoisotopic (exact) mass is 370 g/mol. The summed E-state index contributed by atoms with van der Waals surface area (Å²) < 4.78 is 41.4. The molecule has 0 aromatic heterocycles. The molecule has 3 N–H and O–H groups in total. The molecule has 0 spiro atoms. The summed E-state index contributed by atoms with van der Waals surface area (Å²) >= 11 is 0. The van der Waals surface area contributed by atoms with Gasteiger partial charge in [-0.3, -0.25) is 4.79 Å². The van der Waals surface area contributed by atoms with Crippen molar-refractivity contribution in [1.29, 1.82) is 0 Å². The van der Waals surface area contributed by atoms with E-state index in [1.54, 1.807) is 12.1 Å². The molecule has 2 fully saturated rings. The zero-order valence-corrected chi connectivity index (χ0v) is 14.6. The van der Waals surface area contributed by atoms with Gasteiger partial charge in [0.2, 0.25) is 5.91 Å². The van der Waals surface area contributed by atoms with Crippen molar-refractivity contribution in [3.63, 3.8) is 0 Å². The Morgan fingerprint density at radius 2 is 1.85 bits per heavy atom. The normalized spacial score (nSPS) is 28.5. The standard InChI is InChI=1S/C19H25F3N2O2/c20-19(21,22)26-16-7-2-1-4-12(16)8-9-24-18(25)15-10-13-5-3-6-14(11-15)17(13)23/h1-2,4,7,13-15,17H,3,5-6,8-11,23H2,(H,24,25). The first-order chi connectivity index (χ1) is 12.3. The summed E-state index contributed by atoms with van der Waals surface area (Å²) in [5, 5.41) is 2.88. The molecule has 0 heterocycles. The number of benzene rings is 1. The zero-order valence-electron chi connectivity index (χ0n) is 14.6. The Hall–Kier alpha value is -1.76. The largest absolute Gasteiger partial charge is 0.573 e. The lowest BCUT2D eigenvalue weighted by Crippen LogP contribution is -2.49. The van der Waals surface area contributed by atoms with E-state index < -0.39 is 6.36 Å². The highest BCUT2D eigenvalue weighted by molar-refractivity contribution is 5.78. The summed E-state index contributed by atoms with van der Waals surface area (Å²) in [5.74, 6) is 0.570. The molecule has 0 radical (unpaired) electrons. The van der Waals surface area contributed by atoms with Crippen LogP contribution in [-0.2, 0) is 11.2 Å². The van der Waals surface area contributed by atoms with Crippen LogP contribution in [-0.4, -0.2) is 24.9 Å². The first kappa shape index (κ1) is 19.0. The van der Waals surface area contributed by atoms with Gasteiger partial charge >= 0.3 is 6.36 Å². The van der Waals surface area contributed by atoms with Crippen molar-refractivity contribution in [1.82, 2.24) is 5.32 Å². The van der Waals surface area contributed by atoms with E-state index in [1.807, 2.05) is 0 Å². The number of carbonyl (C=O) groups is 1. The van der Waals surface area contributed by atoms with Gasteiger partial charge in [0.15, 0.2) is 0 Å². The molecule has 2 bridgehead atoms. The van der Waals surface area contributed by atoms with Crippen molar-refractivity contribution in [2.45, 2.75) is 50.9 Å². The molecule has 2 aliphatic carbocycles. The van der Waals surface area contributed by atoms with Crippen LogP contribution in [0.2, 0.25) is 0 Å². The first-order valence-corrected chi connectivity index (χ1v) is 9.20. The van der Waals surface area contributed by atoms with Crippen molar-refractivity contribution < 1.29 is 22.7 Å². The van der Waals surface area contributed by atoms with Crippen LogP contribution >= 0.6 is 0 Å². The third-order valence-corrected chi connectivity index (χ3v) is 5.68. The average Bonchev–Trinajstić information content (AvgIpc) is 2.54. The molecule has 26 heavy (non-hydrogen) atoms. The van der Waals surface area contributed by atoms with E-state index in [9.17, 15) is 18.0 Å². The van der Waals surface area contributed by atoms with Crippen LogP contribution in [0.4, 0.5) is 13.2 Å². The second-order valence-corrected chi connectivity index (χ2v) is 7.39. The van der Waals surface area contributed by atoms with Crippen LogP contribution < -0.4 is 15.8 Å². The summed E-state index contributed by atoms with van der Waals surface area (Å²) in [6.45, 7) is 0.287. The molecule has 4 nitrogen and oxygen atoms in total. The van der Waals surface area contributed by atoms with Crippen LogP contribution in [0.25, 0.3) is 0 Å². The molecule has 1 aromatic rings. The van der Waals surface area contributed by atoms with Gasteiger partial charge in [-0.2, -0.15) is 0 Å². The quantitative estimate of drug-likeness (QED) is 0.835. The number of halogens is 3. The lowest BCUT2D eigenvalue weighted by molar-refractivity contribution is -0.274. The lowest BCUT2D eigenvalue weighted by Gasteiger charge is -2.43. The summed E-state index contributed by atoms with van der Waals surface area (Å²) in [6, 6.07) is 6.22. The molecular formula is C19H25F3N2O2. The maximum atomic E-state index is 12.5. The highest BCUT2D eigenvalue weighted by Gasteiger charge is 2.40. The zero-order chi connectivity index (χ0) is 18.7. The lowest BCUT2D eigenvalue weighted by atomic mass is 9.65. The van der Waals surface area contributed by atoms with Gasteiger partial charge in [0, 0.05) is 18.5 Å². The van der Waals surface area contributed by atoms with Gasteiger partial charge < -0.3 is 15.8 Å². The van der Waals surface area contributed by atoms with Crippen LogP contribution in [0.1, 0.15) is 37.7 Å². The number of carbonyl (C=O) groups excluding carboxylic acids is 1. The van der Waals surface area contributed by atoms with Gasteiger partial charge in [0.25, 0.3) is 0 Å². The number of ether oxygens (including phenoxy) is 1. The number of amides is 1. The minimum Gasteiger partial charge on any atom is -0.406 e. The number of para-hydroxylation sites is 1. The smallest absolute Gasteiger partial charge is 0.406 e. The molecule has 2 unspecified atom stereocenters. The Bertz CT molecular complexity index is 621. The van der Waals surface area contributed by atoms with Gasteiger partial charge in [0.1, 0.15) is 5.75 Å². The molecule has 0 saturated heterocycles. The second kappa shape index (κ2) is 7.86. The van der Waals surface area contributed by atoms with Crippen molar-refractivity contribution >= 4 is 5.91 Å². The summed E-state index contributed by atoms with van der Waals surface area (Å²) in [5.41, 5.74) is 6.68. The van der Waals surface area contributed by atoms with E-state index in [-0.39, 0.29) is 36.6 Å². The first-order valence-electron chi connectivity index (χ1n) is 9.20. The number of alkyl halides is 3. The minimum absolute atomic E-state index is 0.0111. The topological polar surface area (TPSA) is 64.4 Å². The van der Waals surface area contributed by atoms with Gasteiger partial charge in [-0.15, -0.1) is 13.2 Å². The molecular weight excluding hydrogens is 345 g/mol. The Labute approximate surface area is 151 Å². The number of hydrogen-bond donors (Lipinski definition) is 2. The van der Waals surface area contributed by atoms with E-state index in [1.165, 1.54) is 18.6 Å². The number of nitrogens with two attached hydrogens (primary N) is 1. The minimum atomic E-state index is -4.72. The van der Waals surface area contributed by atoms with E-state index in [2.05, 4.69) is 10.1 Å². The Morgan fingerprint density at radius 1 is 1.19 bits per heavy atom. The van der Waals surface area contributed by atoms with E-state index in [0.29, 0.717) is 17.4 Å². The van der Waals surface area contributed by atoms with Gasteiger partial charge in [-0.05, 0) is 55.6 Å². The van der Waals surface area contributed by atoms with Gasteiger partial charge in [0.05, 0.1) is 0 Å². The fraction of sp³-hybridized carbons (Fsp3) is 0.632. The molecule has 2 atom stereocenters. The van der Waals surface area contributed by atoms with Crippen molar-refractivity contribution in [3.05, 3.63) is 29.8 Å². The van der Waals surface area contributed by atoms with E-state index >= 15 is 0 Å². The van der Waals surface area contributed by atoms with Crippen LogP contribution in [0.15, 0.2) is 24.3 Å². The molecule has 2 aliphatic rings. The van der Waals surface area contributed by atoms with Crippen LogP contribution in [0.5, 0.6) is 5.75 Å². The third-order valence-electron chi connectivity index (χ3n) is 5.68. The summed E-state index contributed by atoms with van der Waals surface area (Å²) in [6.07, 6.45) is 0.560. The Balaban J connectivity index is 1.52. The molecule has 7 heteroatoms. The molecule has 0 aliphatic heterocycles. The van der Waals surface area contributed by atoms with Crippen LogP contribution in [0, 0.1) is 17.8 Å². The molecule has 1 amide bonds. The Kier molecular flexibility index (Phi) is 5.75. The SMILES string of the molecule is NC1C2CCCC1CC(C(=O)NCCc1ccccc1OC(F)(F)F)C2. The number of nitrogens with one attached hydrogen (secondary N) is 1. The van der Waals surface area contributed by atoms with Crippen molar-refractivity contribution in [3.8, 4) is 5.75 Å².